The smallest absolute Gasteiger partial charge is 0.335 e. The first-order valence-electron chi connectivity index (χ1n) is 12.9. The van der Waals surface area contributed by atoms with Gasteiger partial charge >= 0.3 is 5.97 Å². The SMILES string of the molecule is CC(C)c1oc(-c2ccc(C(C)(C)C)cc2)nc1COC[C@@H]1CCC[C@H](COC(C)(C)C(=O)O)C1. The number of carboxylic acids is 1. The molecule has 6 heteroatoms. The summed E-state index contributed by atoms with van der Waals surface area (Å²) >= 11 is 0. The minimum Gasteiger partial charge on any atom is -0.479 e. The molecule has 0 unspecified atom stereocenters. The molecule has 1 fully saturated rings. The molecule has 2 aromatic rings. The van der Waals surface area contributed by atoms with Crippen molar-refractivity contribution in [1.82, 2.24) is 4.98 Å². The summed E-state index contributed by atoms with van der Waals surface area (Å²) in [6, 6.07) is 8.45. The van der Waals surface area contributed by atoms with E-state index in [9.17, 15) is 9.90 Å². The van der Waals surface area contributed by atoms with Crippen LogP contribution in [0.4, 0.5) is 0 Å². The molecule has 2 atom stereocenters. The molecule has 0 bridgehead atoms. The lowest BCUT2D eigenvalue weighted by Crippen LogP contribution is -2.37. The lowest BCUT2D eigenvalue weighted by Gasteiger charge is -2.31. The zero-order chi connectivity index (χ0) is 25.8. The molecule has 194 valence electrons. The van der Waals surface area contributed by atoms with E-state index in [2.05, 4.69) is 58.9 Å². The summed E-state index contributed by atoms with van der Waals surface area (Å²) in [5.41, 5.74) is 2.09. The maximum absolute atomic E-state index is 11.3. The third kappa shape index (κ3) is 7.40. The number of nitrogens with zero attached hydrogens (tertiary/aromatic N) is 1. The Hall–Kier alpha value is -2.18. The van der Waals surface area contributed by atoms with Crippen LogP contribution in [0.1, 0.15) is 97.1 Å². The number of benzene rings is 1. The fourth-order valence-corrected chi connectivity index (χ4v) is 4.57. The number of carbonyl (C=O) groups is 1. The quantitative estimate of drug-likeness (QED) is 0.391. The molecule has 1 saturated carbocycles. The molecule has 0 spiro atoms. The van der Waals surface area contributed by atoms with Gasteiger partial charge in [-0.3, -0.25) is 0 Å². The second-order valence-corrected chi connectivity index (χ2v) is 11.9. The van der Waals surface area contributed by atoms with Crippen LogP contribution in [0, 0.1) is 11.8 Å². The first kappa shape index (κ1) is 27.4. The number of aromatic nitrogens is 1. The number of carboxylic acid groups (broad SMARTS) is 1. The van der Waals surface area contributed by atoms with E-state index in [1.807, 2.05) is 0 Å². The minimum absolute atomic E-state index is 0.105. The zero-order valence-corrected chi connectivity index (χ0v) is 22.5. The largest absolute Gasteiger partial charge is 0.479 e. The molecule has 1 aliphatic rings. The van der Waals surface area contributed by atoms with Crippen molar-refractivity contribution in [3.8, 4) is 11.5 Å². The first-order valence-corrected chi connectivity index (χ1v) is 12.9. The summed E-state index contributed by atoms with van der Waals surface area (Å²) in [5.74, 6) is 1.64. The minimum atomic E-state index is -1.14. The Balaban J connectivity index is 1.57. The summed E-state index contributed by atoms with van der Waals surface area (Å²) in [6.45, 7) is 15.6. The summed E-state index contributed by atoms with van der Waals surface area (Å²) in [7, 11) is 0. The van der Waals surface area contributed by atoms with Gasteiger partial charge in [0.15, 0.2) is 5.60 Å². The van der Waals surface area contributed by atoms with Crippen LogP contribution in [-0.2, 0) is 26.3 Å². The van der Waals surface area contributed by atoms with Crippen molar-refractivity contribution in [2.24, 2.45) is 11.8 Å². The fraction of sp³-hybridized carbons (Fsp3) is 0.655. The van der Waals surface area contributed by atoms with Gasteiger partial charge in [0.1, 0.15) is 11.5 Å². The zero-order valence-electron chi connectivity index (χ0n) is 22.5. The normalized spacial score (nSPS) is 19.3. The Kier molecular flexibility index (Phi) is 8.81. The lowest BCUT2D eigenvalue weighted by molar-refractivity contribution is -0.163. The molecule has 1 aromatic carbocycles. The van der Waals surface area contributed by atoms with E-state index in [-0.39, 0.29) is 11.3 Å². The van der Waals surface area contributed by atoms with Crippen LogP contribution in [0.25, 0.3) is 11.5 Å². The number of aliphatic carboxylic acids is 1. The molecule has 0 saturated heterocycles. The van der Waals surface area contributed by atoms with Gasteiger partial charge in [-0.15, -0.1) is 0 Å². The van der Waals surface area contributed by atoms with Crippen molar-refractivity contribution in [1.29, 1.82) is 0 Å². The molecular weight excluding hydrogens is 442 g/mol. The Morgan fingerprint density at radius 2 is 1.71 bits per heavy atom. The third-order valence-corrected chi connectivity index (χ3v) is 6.93. The van der Waals surface area contributed by atoms with Crippen LogP contribution in [0.15, 0.2) is 28.7 Å². The molecule has 6 nitrogen and oxygen atoms in total. The van der Waals surface area contributed by atoms with Gasteiger partial charge in [0.2, 0.25) is 5.89 Å². The van der Waals surface area contributed by atoms with Crippen LogP contribution in [0.2, 0.25) is 0 Å². The predicted molar refractivity (Wildman–Crippen MR) is 137 cm³/mol. The summed E-state index contributed by atoms with van der Waals surface area (Å²) in [6.07, 6.45) is 4.31. The summed E-state index contributed by atoms with van der Waals surface area (Å²) in [4.78, 5) is 16.1. The summed E-state index contributed by atoms with van der Waals surface area (Å²) in [5, 5.41) is 9.27. The Labute approximate surface area is 210 Å². The number of hydrogen-bond acceptors (Lipinski definition) is 5. The molecule has 35 heavy (non-hydrogen) atoms. The average molecular weight is 486 g/mol. The van der Waals surface area contributed by atoms with Gasteiger partial charge in [-0.05, 0) is 68.1 Å². The molecule has 0 amide bonds. The van der Waals surface area contributed by atoms with Crippen molar-refractivity contribution < 1.29 is 23.8 Å². The van der Waals surface area contributed by atoms with Crippen LogP contribution in [-0.4, -0.2) is 34.9 Å². The van der Waals surface area contributed by atoms with Gasteiger partial charge in [0, 0.05) is 18.1 Å². The Morgan fingerprint density at radius 1 is 1.09 bits per heavy atom. The van der Waals surface area contributed by atoms with Crippen molar-refractivity contribution >= 4 is 5.97 Å². The van der Waals surface area contributed by atoms with E-state index in [4.69, 9.17) is 18.9 Å². The highest BCUT2D eigenvalue weighted by Gasteiger charge is 2.31. The maximum atomic E-state index is 11.3. The van der Waals surface area contributed by atoms with E-state index in [0.29, 0.717) is 37.5 Å². The highest BCUT2D eigenvalue weighted by atomic mass is 16.5. The predicted octanol–water partition coefficient (Wildman–Crippen LogP) is 6.97. The molecule has 1 heterocycles. The topological polar surface area (TPSA) is 81.8 Å². The number of hydrogen-bond donors (Lipinski definition) is 1. The maximum Gasteiger partial charge on any atom is 0.335 e. The first-order chi connectivity index (χ1) is 16.4. The summed E-state index contributed by atoms with van der Waals surface area (Å²) < 4.78 is 18.0. The lowest BCUT2D eigenvalue weighted by atomic mass is 9.82. The highest BCUT2D eigenvalue weighted by Crippen LogP contribution is 2.32. The van der Waals surface area contributed by atoms with E-state index in [1.165, 1.54) is 5.56 Å². The van der Waals surface area contributed by atoms with Crippen LogP contribution in [0.3, 0.4) is 0 Å². The van der Waals surface area contributed by atoms with Crippen molar-refractivity contribution in [2.75, 3.05) is 13.2 Å². The third-order valence-electron chi connectivity index (χ3n) is 6.93. The van der Waals surface area contributed by atoms with E-state index >= 15 is 0 Å². The molecule has 1 N–H and O–H groups in total. The molecule has 1 aliphatic carbocycles. The fourth-order valence-electron chi connectivity index (χ4n) is 4.57. The van der Waals surface area contributed by atoms with Crippen LogP contribution < -0.4 is 0 Å². The van der Waals surface area contributed by atoms with Crippen molar-refractivity contribution in [3.05, 3.63) is 41.3 Å². The average Bonchev–Trinajstić information content (AvgIpc) is 3.22. The monoisotopic (exact) mass is 485 g/mol. The van der Waals surface area contributed by atoms with E-state index in [0.717, 1.165) is 42.7 Å². The number of oxazole rings is 1. The van der Waals surface area contributed by atoms with E-state index in [1.54, 1.807) is 13.8 Å². The number of rotatable bonds is 10. The van der Waals surface area contributed by atoms with Crippen molar-refractivity contribution in [3.63, 3.8) is 0 Å². The van der Waals surface area contributed by atoms with Crippen LogP contribution >= 0.6 is 0 Å². The van der Waals surface area contributed by atoms with Gasteiger partial charge in [-0.2, -0.15) is 0 Å². The Bertz CT molecular complexity index is 968. The molecule has 0 aliphatic heterocycles. The van der Waals surface area contributed by atoms with Crippen LogP contribution in [0.5, 0.6) is 0 Å². The van der Waals surface area contributed by atoms with Gasteiger partial charge < -0.3 is 19.0 Å². The molecule has 3 rings (SSSR count). The van der Waals surface area contributed by atoms with Gasteiger partial charge in [0.05, 0.1) is 13.2 Å². The van der Waals surface area contributed by atoms with Gasteiger partial charge in [0.25, 0.3) is 0 Å². The molecule has 1 aromatic heterocycles. The standard InChI is InChI=1S/C29H43NO5/c1-19(2)25-24(30-26(35-25)22-11-13-23(14-12-22)28(3,4)5)18-33-16-20-9-8-10-21(15-20)17-34-29(6,7)27(31)32/h11-14,19-21H,8-10,15-18H2,1-7H3,(H,31,32)/t20-,21+/m1/s1. The number of ether oxygens (including phenoxy) is 2. The Morgan fingerprint density at radius 3 is 2.29 bits per heavy atom. The second-order valence-electron chi connectivity index (χ2n) is 11.9. The molecule has 0 radical (unpaired) electrons. The second kappa shape index (κ2) is 11.3. The van der Waals surface area contributed by atoms with E-state index < -0.39 is 11.6 Å². The molecular formula is C29H43NO5. The van der Waals surface area contributed by atoms with Gasteiger partial charge in [-0.25, -0.2) is 9.78 Å². The van der Waals surface area contributed by atoms with Gasteiger partial charge in [-0.1, -0.05) is 53.2 Å². The van der Waals surface area contributed by atoms with Crippen molar-refractivity contribution in [2.45, 2.75) is 97.7 Å². The highest BCUT2D eigenvalue weighted by molar-refractivity contribution is 5.76.